The van der Waals surface area contributed by atoms with E-state index >= 15 is 0 Å². The molecule has 1 aromatic carbocycles. The highest BCUT2D eigenvalue weighted by Gasteiger charge is 2.25. The maximum atomic E-state index is 12.6. The SMILES string of the molecule is CN1CCC(=O)N(c2nc(-c3ccccc3)c(-c3ccccn3)s2)CC1. The molecule has 0 bridgehead atoms. The number of pyridine rings is 1. The number of nitrogens with zero attached hydrogens (tertiary/aromatic N) is 4. The van der Waals surface area contributed by atoms with Crippen LogP contribution in [0.4, 0.5) is 5.13 Å². The molecule has 1 fully saturated rings. The fourth-order valence-corrected chi connectivity index (χ4v) is 4.13. The van der Waals surface area contributed by atoms with E-state index in [1.807, 2.05) is 60.5 Å². The quantitative estimate of drug-likeness (QED) is 0.713. The lowest BCUT2D eigenvalue weighted by molar-refractivity contribution is -0.118. The summed E-state index contributed by atoms with van der Waals surface area (Å²) in [5.41, 5.74) is 2.80. The van der Waals surface area contributed by atoms with Gasteiger partial charge in [0.25, 0.3) is 0 Å². The molecule has 5 nitrogen and oxygen atoms in total. The van der Waals surface area contributed by atoms with Gasteiger partial charge in [0.1, 0.15) is 0 Å². The van der Waals surface area contributed by atoms with E-state index in [4.69, 9.17) is 4.98 Å². The Hall–Kier alpha value is -2.57. The molecule has 3 heterocycles. The molecule has 0 N–H and O–H groups in total. The molecule has 0 saturated carbocycles. The molecule has 0 spiro atoms. The summed E-state index contributed by atoms with van der Waals surface area (Å²) in [4.78, 5) is 27.0. The zero-order valence-electron chi connectivity index (χ0n) is 14.6. The van der Waals surface area contributed by atoms with Crippen LogP contribution in [0.3, 0.4) is 0 Å². The first kappa shape index (κ1) is 16.9. The lowest BCUT2D eigenvalue weighted by Gasteiger charge is -2.17. The van der Waals surface area contributed by atoms with Crippen LogP contribution < -0.4 is 4.90 Å². The van der Waals surface area contributed by atoms with Gasteiger partial charge in [0, 0.05) is 37.8 Å². The van der Waals surface area contributed by atoms with Crippen molar-refractivity contribution >= 4 is 22.4 Å². The Morgan fingerprint density at radius 2 is 1.81 bits per heavy atom. The summed E-state index contributed by atoms with van der Waals surface area (Å²) in [7, 11) is 2.05. The summed E-state index contributed by atoms with van der Waals surface area (Å²) in [5, 5.41) is 0.754. The van der Waals surface area contributed by atoms with Gasteiger partial charge in [-0.1, -0.05) is 47.7 Å². The van der Waals surface area contributed by atoms with E-state index in [-0.39, 0.29) is 5.91 Å². The first-order chi connectivity index (χ1) is 12.7. The van der Waals surface area contributed by atoms with E-state index in [9.17, 15) is 4.79 Å². The van der Waals surface area contributed by atoms with Gasteiger partial charge in [0.05, 0.1) is 16.3 Å². The molecule has 132 valence electrons. The summed E-state index contributed by atoms with van der Waals surface area (Å²) in [6, 6.07) is 16.0. The van der Waals surface area contributed by atoms with Crippen molar-refractivity contribution in [1.82, 2.24) is 14.9 Å². The van der Waals surface area contributed by atoms with Crippen LogP contribution in [-0.2, 0) is 4.79 Å². The van der Waals surface area contributed by atoms with Crippen LogP contribution in [0.5, 0.6) is 0 Å². The Kier molecular flexibility index (Phi) is 4.77. The van der Waals surface area contributed by atoms with Crippen LogP contribution in [-0.4, -0.2) is 47.5 Å². The fourth-order valence-electron chi connectivity index (χ4n) is 3.02. The molecular formula is C20H20N4OS. The van der Waals surface area contributed by atoms with Crippen LogP contribution >= 0.6 is 11.3 Å². The summed E-state index contributed by atoms with van der Waals surface area (Å²) >= 11 is 1.54. The number of rotatable bonds is 3. The highest BCUT2D eigenvalue weighted by Crippen LogP contribution is 2.39. The zero-order chi connectivity index (χ0) is 17.9. The van der Waals surface area contributed by atoms with Crippen LogP contribution in [0.2, 0.25) is 0 Å². The Morgan fingerprint density at radius 1 is 1.00 bits per heavy atom. The van der Waals surface area contributed by atoms with Gasteiger partial charge in [-0.05, 0) is 19.2 Å². The third kappa shape index (κ3) is 3.38. The van der Waals surface area contributed by atoms with Gasteiger partial charge >= 0.3 is 0 Å². The maximum absolute atomic E-state index is 12.6. The first-order valence-electron chi connectivity index (χ1n) is 8.69. The minimum absolute atomic E-state index is 0.135. The Bertz CT molecular complexity index is 838. The molecule has 0 radical (unpaired) electrons. The number of hydrogen-bond acceptors (Lipinski definition) is 5. The number of likely N-dealkylation sites (N-methyl/N-ethyl adjacent to an activating group) is 1. The first-order valence-corrected chi connectivity index (χ1v) is 9.50. The van der Waals surface area contributed by atoms with Crippen molar-refractivity contribution in [3.05, 3.63) is 54.7 Å². The summed E-state index contributed by atoms with van der Waals surface area (Å²) in [5.74, 6) is 0.135. The molecule has 26 heavy (non-hydrogen) atoms. The van der Waals surface area contributed by atoms with Crippen molar-refractivity contribution in [3.63, 3.8) is 0 Å². The van der Waals surface area contributed by atoms with E-state index in [1.165, 1.54) is 0 Å². The molecule has 0 atom stereocenters. The topological polar surface area (TPSA) is 49.3 Å². The second-order valence-electron chi connectivity index (χ2n) is 6.35. The minimum atomic E-state index is 0.135. The molecule has 0 aliphatic carbocycles. The molecule has 1 amide bonds. The highest BCUT2D eigenvalue weighted by atomic mass is 32.1. The smallest absolute Gasteiger partial charge is 0.230 e. The second-order valence-corrected chi connectivity index (χ2v) is 7.33. The fraction of sp³-hybridized carbons (Fsp3) is 0.250. The third-order valence-electron chi connectivity index (χ3n) is 4.51. The maximum Gasteiger partial charge on any atom is 0.230 e. The van der Waals surface area contributed by atoms with Gasteiger partial charge in [-0.15, -0.1) is 0 Å². The number of anilines is 1. The molecule has 1 saturated heterocycles. The number of carbonyl (C=O) groups excluding carboxylic acids is 1. The summed E-state index contributed by atoms with van der Waals surface area (Å²) < 4.78 is 0. The van der Waals surface area contributed by atoms with Crippen LogP contribution in [0.15, 0.2) is 54.7 Å². The number of carbonyl (C=O) groups is 1. The van der Waals surface area contributed by atoms with Crippen molar-refractivity contribution in [2.24, 2.45) is 0 Å². The number of amides is 1. The van der Waals surface area contributed by atoms with Crippen molar-refractivity contribution in [2.45, 2.75) is 6.42 Å². The summed E-state index contributed by atoms with van der Waals surface area (Å²) in [6.45, 7) is 2.31. The van der Waals surface area contributed by atoms with Gasteiger partial charge in [0.2, 0.25) is 5.91 Å². The van der Waals surface area contributed by atoms with Crippen LogP contribution in [0.25, 0.3) is 21.8 Å². The van der Waals surface area contributed by atoms with Gasteiger partial charge in [-0.2, -0.15) is 0 Å². The van der Waals surface area contributed by atoms with Crippen molar-refractivity contribution in [3.8, 4) is 21.8 Å². The number of aromatic nitrogens is 2. The van der Waals surface area contributed by atoms with Gasteiger partial charge in [0.15, 0.2) is 5.13 Å². The largest absolute Gasteiger partial charge is 0.304 e. The number of benzene rings is 1. The van der Waals surface area contributed by atoms with Gasteiger partial charge in [-0.25, -0.2) is 4.98 Å². The molecule has 1 aliphatic rings. The second kappa shape index (κ2) is 7.35. The van der Waals surface area contributed by atoms with Gasteiger partial charge < -0.3 is 4.90 Å². The molecular weight excluding hydrogens is 344 g/mol. The minimum Gasteiger partial charge on any atom is -0.304 e. The van der Waals surface area contributed by atoms with Crippen LogP contribution in [0.1, 0.15) is 6.42 Å². The lowest BCUT2D eigenvalue weighted by atomic mass is 10.1. The average Bonchev–Trinajstić information content (AvgIpc) is 3.05. The molecule has 1 aliphatic heterocycles. The third-order valence-corrected chi connectivity index (χ3v) is 5.61. The zero-order valence-corrected chi connectivity index (χ0v) is 15.4. The molecule has 2 aromatic heterocycles. The highest BCUT2D eigenvalue weighted by molar-refractivity contribution is 7.19. The lowest BCUT2D eigenvalue weighted by Crippen LogP contribution is -2.32. The monoisotopic (exact) mass is 364 g/mol. The van der Waals surface area contributed by atoms with Crippen molar-refractivity contribution in [1.29, 1.82) is 0 Å². The molecule has 3 aromatic rings. The van der Waals surface area contributed by atoms with E-state index in [0.29, 0.717) is 13.0 Å². The predicted octanol–water partition coefficient (Wildman–Crippen LogP) is 3.54. The predicted molar refractivity (Wildman–Crippen MR) is 105 cm³/mol. The van der Waals surface area contributed by atoms with E-state index in [2.05, 4.69) is 9.88 Å². The number of hydrogen-bond donors (Lipinski definition) is 0. The summed E-state index contributed by atoms with van der Waals surface area (Å²) in [6.07, 6.45) is 2.31. The standard InChI is InChI=1S/C20H20N4OS/c1-23-12-10-17(25)24(14-13-23)20-22-18(15-7-3-2-4-8-15)19(26-20)16-9-5-6-11-21-16/h2-9,11H,10,12-14H2,1H3. The van der Waals surface area contributed by atoms with E-state index in [1.54, 1.807) is 17.5 Å². The van der Waals surface area contributed by atoms with E-state index < -0.39 is 0 Å². The number of thiazole rings is 1. The average molecular weight is 364 g/mol. The molecule has 4 rings (SSSR count). The van der Waals surface area contributed by atoms with Crippen molar-refractivity contribution in [2.75, 3.05) is 31.6 Å². The normalized spacial score (nSPS) is 15.9. The van der Waals surface area contributed by atoms with Gasteiger partial charge in [-0.3, -0.25) is 14.7 Å². The Balaban J connectivity index is 1.80. The Morgan fingerprint density at radius 3 is 2.58 bits per heavy atom. The van der Waals surface area contributed by atoms with E-state index in [0.717, 1.165) is 40.0 Å². The Labute approximate surface area is 156 Å². The molecule has 6 heteroatoms. The van der Waals surface area contributed by atoms with Crippen molar-refractivity contribution < 1.29 is 4.79 Å². The van der Waals surface area contributed by atoms with Crippen LogP contribution in [0, 0.1) is 0 Å². The molecule has 0 unspecified atom stereocenters.